The number of hydrogen-bond acceptors (Lipinski definition) is 9. The average molecular weight is 732 g/mol. The van der Waals surface area contributed by atoms with E-state index in [1.165, 1.54) is 0 Å². The molecule has 1 aliphatic heterocycles. The molecule has 0 spiro atoms. The zero-order valence-electron chi connectivity index (χ0n) is 31.1. The van der Waals surface area contributed by atoms with Gasteiger partial charge >= 0.3 is 5.97 Å². The van der Waals surface area contributed by atoms with Crippen LogP contribution in [-0.4, -0.2) is 94.2 Å². The van der Waals surface area contributed by atoms with Crippen molar-refractivity contribution in [2.24, 2.45) is 11.7 Å². The van der Waals surface area contributed by atoms with Gasteiger partial charge in [-0.1, -0.05) is 93.1 Å². The Morgan fingerprint density at radius 2 is 1.62 bits per heavy atom. The lowest BCUT2D eigenvalue weighted by atomic mass is 9.81. The highest BCUT2D eigenvalue weighted by atomic mass is 16.5. The number of hydrogen-bond donors (Lipinski definition) is 7. The first-order valence-corrected chi connectivity index (χ1v) is 18.6. The highest BCUT2D eigenvalue weighted by Crippen LogP contribution is 2.35. The van der Waals surface area contributed by atoms with E-state index < -0.39 is 42.0 Å². The fraction of sp³-hybridized carbons (Fsp3) is 0.488. The molecule has 8 N–H and O–H groups in total. The molecule has 1 aliphatic rings. The minimum atomic E-state index is -1.33. The maximum Gasteiger partial charge on any atom is 0.303 e. The van der Waals surface area contributed by atoms with Gasteiger partial charge in [-0.2, -0.15) is 0 Å². The predicted octanol–water partition coefficient (Wildman–Crippen LogP) is 2.99. The first-order chi connectivity index (χ1) is 25.5. The molecule has 0 aromatic heterocycles. The van der Waals surface area contributed by atoms with Crippen molar-refractivity contribution in [3.8, 4) is 5.75 Å². The summed E-state index contributed by atoms with van der Waals surface area (Å²) in [5.41, 5.74) is 7.90. The maximum atomic E-state index is 14.6. The maximum absolute atomic E-state index is 14.6. The van der Waals surface area contributed by atoms with Crippen LogP contribution in [0, 0.1) is 5.92 Å². The first kappa shape index (κ1) is 41.4. The summed E-state index contributed by atoms with van der Waals surface area (Å²) in [7, 11) is 1.61. The Balaban J connectivity index is 1.57. The average Bonchev–Trinajstić information content (AvgIpc) is 3.49. The summed E-state index contributed by atoms with van der Waals surface area (Å²) in [6, 6.07) is 24.6. The number of aliphatic hydroxyl groups excluding tert-OH is 2. The van der Waals surface area contributed by atoms with E-state index in [-0.39, 0.29) is 43.7 Å². The molecule has 7 atom stereocenters. The van der Waals surface area contributed by atoms with Crippen molar-refractivity contribution in [3.05, 3.63) is 102 Å². The molecule has 12 heteroatoms. The van der Waals surface area contributed by atoms with Crippen LogP contribution in [0.25, 0.3) is 0 Å². The lowest BCUT2D eigenvalue weighted by Gasteiger charge is -2.39. The molecular formula is C41H57N5O7. The van der Waals surface area contributed by atoms with Crippen LogP contribution >= 0.6 is 0 Å². The zero-order valence-corrected chi connectivity index (χ0v) is 31.1. The van der Waals surface area contributed by atoms with Gasteiger partial charge in [0.25, 0.3) is 0 Å². The molecule has 4 rings (SSSR count). The molecule has 0 aliphatic carbocycles. The smallest absolute Gasteiger partial charge is 0.303 e. The van der Waals surface area contributed by atoms with Crippen LogP contribution in [0.2, 0.25) is 0 Å². The van der Waals surface area contributed by atoms with E-state index >= 15 is 0 Å². The van der Waals surface area contributed by atoms with Crippen molar-refractivity contribution < 1.29 is 34.4 Å². The number of benzene rings is 3. The molecule has 1 heterocycles. The van der Waals surface area contributed by atoms with Gasteiger partial charge in [0.15, 0.2) is 0 Å². The van der Waals surface area contributed by atoms with Crippen molar-refractivity contribution in [1.29, 1.82) is 0 Å². The Morgan fingerprint density at radius 3 is 2.26 bits per heavy atom. The second-order valence-electron chi connectivity index (χ2n) is 14.1. The largest absolute Gasteiger partial charge is 0.497 e. The summed E-state index contributed by atoms with van der Waals surface area (Å²) in [6.45, 7) is 4.83. The molecule has 0 radical (unpaired) electrons. The fourth-order valence-corrected chi connectivity index (χ4v) is 7.06. The number of rotatable bonds is 22. The van der Waals surface area contributed by atoms with Gasteiger partial charge in [-0.15, -0.1) is 0 Å². The van der Waals surface area contributed by atoms with Crippen LogP contribution < -0.4 is 26.4 Å². The van der Waals surface area contributed by atoms with E-state index in [0.29, 0.717) is 38.6 Å². The molecule has 1 unspecified atom stereocenters. The van der Waals surface area contributed by atoms with Crippen LogP contribution in [0.4, 0.5) is 0 Å². The number of methoxy groups -OCH3 is 1. The number of nitrogens with zero attached hydrogens (tertiary/aromatic N) is 1. The molecule has 1 fully saturated rings. The van der Waals surface area contributed by atoms with Gasteiger partial charge in [0.2, 0.25) is 11.8 Å². The second-order valence-corrected chi connectivity index (χ2v) is 14.1. The fourth-order valence-electron chi connectivity index (χ4n) is 7.06. The highest BCUT2D eigenvalue weighted by Gasteiger charge is 2.53. The number of nitrogens with two attached hydrogens (primary N) is 1. The Labute approximate surface area is 313 Å². The van der Waals surface area contributed by atoms with Gasteiger partial charge in [0, 0.05) is 32.1 Å². The molecule has 3 aromatic rings. The van der Waals surface area contributed by atoms with E-state index in [1.54, 1.807) is 12.0 Å². The van der Waals surface area contributed by atoms with Crippen molar-refractivity contribution in [3.63, 3.8) is 0 Å². The Bertz CT molecular complexity index is 1600. The number of carboxylic acid groups (broad SMARTS) is 1. The van der Waals surface area contributed by atoms with Crippen LogP contribution in [0.3, 0.4) is 0 Å². The number of aryl methyl sites for hydroxylation is 1. The highest BCUT2D eigenvalue weighted by molar-refractivity contribution is 5.94. The molecule has 288 valence electrons. The van der Waals surface area contributed by atoms with Crippen LogP contribution in [-0.2, 0) is 33.8 Å². The summed E-state index contributed by atoms with van der Waals surface area (Å²) < 4.78 is 5.34. The van der Waals surface area contributed by atoms with Crippen molar-refractivity contribution in [2.45, 2.75) is 101 Å². The molecule has 1 saturated heterocycles. The van der Waals surface area contributed by atoms with Crippen LogP contribution in [0.15, 0.2) is 84.9 Å². The summed E-state index contributed by atoms with van der Waals surface area (Å²) in [5.74, 6) is -1.21. The minimum absolute atomic E-state index is 0.0274. The summed E-state index contributed by atoms with van der Waals surface area (Å²) in [6.07, 6.45) is -0.321. The molecule has 53 heavy (non-hydrogen) atoms. The van der Waals surface area contributed by atoms with Gasteiger partial charge in [-0.3, -0.25) is 19.7 Å². The standard InChI is InChI=1S/C41H57N5O7/c1-4-28(2)41(45-38(50)33(42)19-21-37(48)49)22-23-46(40(41)52)35(20-18-29-12-7-5-8-13-29)39(51)44-34(25-30-14-9-6-10-15-30)36(47)27-43-26-31-16-11-17-32(24-31)53-3/h5-17,24,28,33-36,38,43,45,47,50H,4,18-23,25-27,42H2,1-3H3,(H,44,51)(H,48,49)/t28-,33-,34-,35-,36+,38?,41-/m0/s1. The van der Waals surface area contributed by atoms with Gasteiger partial charge in [-0.25, -0.2) is 0 Å². The molecular weight excluding hydrogens is 674 g/mol. The van der Waals surface area contributed by atoms with Gasteiger partial charge in [0.05, 0.1) is 19.3 Å². The van der Waals surface area contributed by atoms with Gasteiger partial charge < -0.3 is 41.3 Å². The Kier molecular flexibility index (Phi) is 15.8. The Morgan fingerprint density at radius 1 is 0.962 bits per heavy atom. The number of nitrogens with one attached hydrogen (secondary N) is 3. The van der Waals surface area contributed by atoms with Gasteiger partial charge in [0.1, 0.15) is 23.6 Å². The topological polar surface area (TPSA) is 186 Å². The molecule has 0 bridgehead atoms. The summed E-state index contributed by atoms with van der Waals surface area (Å²) >= 11 is 0. The lowest BCUT2D eigenvalue weighted by Crippen LogP contribution is -2.64. The SMILES string of the molecule is CC[C@H](C)[C@@]1(NC(O)[C@@H](N)CCC(=O)O)CCN([C@@H](CCc2ccccc2)C(=O)N[C@@H](Cc2ccccc2)[C@H](O)CNCc2cccc(OC)c2)C1=O. The van der Waals surface area contributed by atoms with E-state index in [2.05, 4.69) is 16.0 Å². The quantitative estimate of drug-likeness (QED) is 0.0758. The first-order valence-electron chi connectivity index (χ1n) is 18.6. The van der Waals surface area contributed by atoms with E-state index in [9.17, 15) is 24.6 Å². The third kappa shape index (κ3) is 11.6. The molecule has 12 nitrogen and oxygen atoms in total. The summed E-state index contributed by atoms with van der Waals surface area (Å²) in [4.78, 5) is 41.9. The van der Waals surface area contributed by atoms with Gasteiger partial charge in [-0.05, 0) is 66.8 Å². The monoisotopic (exact) mass is 731 g/mol. The van der Waals surface area contributed by atoms with Crippen LogP contribution in [0.1, 0.15) is 62.6 Å². The number of carbonyl (C=O) groups is 3. The lowest BCUT2D eigenvalue weighted by molar-refractivity contribution is -0.144. The normalized spacial score (nSPS) is 19.2. The van der Waals surface area contributed by atoms with E-state index in [0.717, 1.165) is 22.4 Å². The minimum Gasteiger partial charge on any atom is -0.497 e. The second kappa shape index (κ2) is 20.2. The molecule has 2 amide bonds. The Hall–Kier alpha value is -4.33. The number of ether oxygens (including phenoxy) is 1. The van der Waals surface area contributed by atoms with Crippen molar-refractivity contribution >= 4 is 17.8 Å². The third-order valence-electron chi connectivity index (χ3n) is 10.5. The number of carbonyl (C=O) groups excluding carboxylic acids is 2. The molecule has 0 saturated carbocycles. The zero-order chi connectivity index (χ0) is 38.4. The number of amides is 2. The number of likely N-dealkylation sites (tertiary alicyclic amines) is 1. The summed E-state index contributed by atoms with van der Waals surface area (Å²) in [5, 5.41) is 41.3. The van der Waals surface area contributed by atoms with Crippen molar-refractivity contribution in [2.75, 3.05) is 20.2 Å². The van der Waals surface area contributed by atoms with E-state index in [1.807, 2.05) is 98.8 Å². The molecule has 3 aromatic carbocycles. The third-order valence-corrected chi connectivity index (χ3v) is 10.5. The number of aliphatic hydroxyl groups is 2. The van der Waals surface area contributed by atoms with E-state index in [4.69, 9.17) is 15.6 Å². The number of carboxylic acids is 1. The predicted molar refractivity (Wildman–Crippen MR) is 204 cm³/mol. The van der Waals surface area contributed by atoms with Crippen molar-refractivity contribution in [1.82, 2.24) is 20.9 Å². The van der Waals surface area contributed by atoms with Crippen LogP contribution in [0.5, 0.6) is 5.75 Å². The number of aliphatic carboxylic acids is 1.